The molecule has 2 nitrogen and oxygen atoms in total. The van der Waals surface area contributed by atoms with Crippen LogP contribution in [0.4, 0.5) is 4.39 Å². The fraction of sp³-hybridized carbons (Fsp3) is 0.417. The van der Waals surface area contributed by atoms with Crippen LogP contribution in [0.15, 0.2) is 28.7 Å². The number of hydrogen-bond donors (Lipinski definition) is 0. The van der Waals surface area contributed by atoms with Gasteiger partial charge >= 0.3 is 0 Å². The fourth-order valence-electron chi connectivity index (χ4n) is 1.84. The van der Waals surface area contributed by atoms with Crippen molar-refractivity contribution >= 4 is 21.8 Å². The van der Waals surface area contributed by atoms with Gasteiger partial charge < -0.3 is 4.90 Å². The molecule has 1 heterocycles. The maximum Gasteiger partial charge on any atom is 0.260 e. The molecule has 0 spiro atoms. The van der Waals surface area contributed by atoms with Gasteiger partial charge in [0.15, 0.2) is 5.67 Å². The summed E-state index contributed by atoms with van der Waals surface area (Å²) in [5.74, 6) is -0.393. The monoisotopic (exact) mass is 285 g/mol. The third-order valence-corrected chi connectivity index (χ3v) is 3.40. The molecule has 1 aromatic rings. The molecule has 0 radical (unpaired) electrons. The molecule has 1 saturated heterocycles. The van der Waals surface area contributed by atoms with Gasteiger partial charge in [0.05, 0.1) is 0 Å². The largest absolute Gasteiger partial charge is 0.335 e. The third-order valence-electron chi connectivity index (χ3n) is 2.87. The molecule has 4 heteroatoms. The van der Waals surface area contributed by atoms with Crippen LogP contribution in [0.1, 0.15) is 18.9 Å². The second kappa shape index (κ2) is 4.17. The van der Waals surface area contributed by atoms with Crippen molar-refractivity contribution in [1.82, 2.24) is 4.90 Å². The first-order valence-corrected chi connectivity index (χ1v) is 6.01. The zero-order valence-corrected chi connectivity index (χ0v) is 10.6. The van der Waals surface area contributed by atoms with Crippen LogP contribution >= 0.6 is 15.9 Å². The van der Waals surface area contributed by atoms with Crippen LogP contribution in [0.25, 0.3) is 0 Å². The molecule has 0 aliphatic carbocycles. The van der Waals surface area contributed by atoms with Crippen LogP contribution in [0, 0.1) is 0 Å². The Hall–Kier alpha value is -0.900. The quantitative estimate of drug-likeness (QED) is 0.818. The lowest BCUT2D eigenvalue weighted by Crippen LogP contribution is -2.33. The Bertz CT molecular complexity index is 402. The Morgan fingerprint density at radius 3 is 2.56 bits per heavy atom. The standard InChI is InChI=1S/C12H13BrFNO/c1-12(14)6-7-15(11(12)16)8-9-2-4-10(13)5-3-9/h2-5H,6-8H2,1H3. The number of amides is 1. The molecule has 0 saturated carbocycles. The molecule has 1 amide bonds. The molecule has 16 heavy (non-hydrogen) atoms. The van der Waals surface area contributed by atoms with E-state index in [4.69, 9.17) is 0 Å². The minimum atomic E-state index is -1.67. The Kier molecular flexibility index (Phi) is 3.02. The number of carbonyl (C=O) groups excluding carboxylic acids is 1. The van der Waals surface area contributed by atoms with Gasteiger partial charge in [0, 0.05) is 24.0 Å². The Morgan fingerprint density at radius 1 is 1.44 bits per heavy atom. The summed E-state index contributed by atoms with van der Waals surface area (Å²) in [5, 5.41) is 0. The number of alkyl halides is 1. The maximum absolute atomic E-state index is 13.6. The molecular formula is C12H13BrFNO. The fourth-order valence-corrected chi connectivity index (χ4v) is 2.11. The predicted octanol–water partition coefficient (Wildman–Crippen LogP) is 2.91. The van der Waals surface area contributed by atoms with Gasteiger partial charge in [0.2, 0.25) is 0 Å². The van der Waals surface area contributed by atoms with Gasteiger partial charge in [0.1, 0.15) is 0 Å². The molecule has 1 aromatic carbocycles. The molecule has 0 N–H and O–H groups in total. The van der Waals surface area contributed by atoms with Crippen LogP contribution in [0.3, 0.4) is 0 Å². The summed E-state index contributed by atoms with van der Waals surface area (Å²) in [5.41, 5.74) is -0.649. The van der Waals surface area contributed by atoms with Crippen molar-refractivity contribution in [2.45, 2.75) is 25.6 Å². The van der Waals surface area contributed by atoms with Crippen molar-refractivity contribution < 1.29 is 9.18 Å². The number of likely N-dealkylation sites (tertiary alicyclic amines) is 1. The maximum atomic E-state index is 13.6. The lowest BCUT2D eigenvalue weighted by atomic mass is 10.1. The van der Waals surface area contributed by atoms with E-state index in [0.29, 0.717) is 19.5 Å². The van der Waals surface area contributed by atoms with Crippen molar-refractivity contribution in [3.63, 3.8) is 0 Å². The van der Waals surface area contributed by atoms with Crippen LogP contribution < -0.4 is 0 Å². The number of nitrogens with zero attached hydrogens (tertiary/aromatic N) is 1. The van der Waals surface area contributed by atoms with Crippen LogP contribution in [-0.2, 0) is 11.3 Å². The van der Waals surface area contributed by atoms with Gasteiger partial charge in [-0.05, 0) is 24.6 Å². The van der Waals surface area contributed by atoms with Gasteiger partial charge in [-0.15, -0.1) is 0 Å². The normalized spacial score (nSPS) is 25.2. The topological polar surface area (TPSA) is 20.3 Å². The zero-order chi connectivity index (χ0) is 11.8. The summed E-state index contributed by atoms with van der Waals surface area (Å²) in [6.07, 6.45) is 0.294. The van der Waals surface area contributed by atoms with E-state index >= 15 is 0 Å². The number of halogens is 2. The lowest BCUT2D eigenvalue weighted by molar-refractivity contribution is -0.137. The van der Waals surface area contributed by atoms with E-state index in [9.17, 15) is 9.18 Å². The van der Waals surface area contributed by atoms with Crippen molar-refractivity contribution in [3.05, 3.63) is 34.3 Å². The summed E-state index contributed by atoms with van der Waals surface area (Å²) in [4.78, 5) is 13.2. The van der Waals surface area contributed by atoms with Crippen LogP contribution in [0.5, 0.6) is 0 Å². The first-order valence-electron chi connectivity index (χ1n) is 5.22. The molecule has 1 aliphatic rings. The van der Waals surface area contributed by atoms with E-state index in [2.05, 4.69) is 15.9 Å². The summed E-state index contributed by atoms with van der Waals surface area (Å²) in [6, 6.07) is 7.71. The van der Waals surface area contributed by atoms with Crippen molar-refractivity contribution in [1.29, 1.82) is 0 Å². The predicted molar refractivity (Wildman–Crippen MR) is 63.7 cm³/mol. The van der Waals surface area contributed by atoms with Crippen LogP contribution in [-0.4, -0.2) is 23.0 Å². The van der Waals surface area contributed by atoms with E-state index in [1.807, 2.05) is 24.3 Å². The Balaban J connectivity index is 2.07. The highest BCUT2D eigenvalue weighted by molar-refractivity contribution is 9.10. The molecule has 2 rings (SSSR count). The molecule has 1 aliphatic heterocycles. The molecule has 1 unspecified atom stereocenters. The highest BCUT2D eigenvalue weighted by Crippen LogP contribution is 2.27. The minimum Gasteiger partial charge on any atom is -0.335 e. The van der Waals surface area contributed by atoms with E-state index < -0.39 is 11.6 Å². The number of benzene rings is 1. The number of carbonyl (C=O) groups is 1. The average molecular weight is 286 g/mol. The highest BCUT2D eigenvalue weighted by atomic mass is 79.9. The molecule has 86 valence electrons. The van der Waals surface area contributed by atoms with Crippen molar-refractivity contribution in [2.24, 2.45) is 0 Å². The first kappa shape index (κ1) is 11.6. The molecule has 0 bridgehead atoms. The van der Waals surface area contributed by atoms with Crippen molar-refractivity contribution in [2.75, 3.05) is 6.54 Å². The summed E-state index contributed by atoms with van der Waals surface area (Å²) < 4.78 is 14.6. The molecule has 1 atom stereocenters. The van der Waals surface area contributed by atoms with E-state index in [0.717, 1.165) is 10.0 Å². The van der Waals surface area contributed by atoms with E-state index in [1.165, 1.54) is 6.92 Å². The van der Waals surface area contributed by atoms with Gasteiger partial charge in [-0.3, -0.25) is 4.79 Å². The first-order chi connectivity index (χ1) is 7.49. The second-order valence-corrected chi connectivity index (χ2v) is 5.22. The summed E-state index contributed by atoms with van der Waals surface area (Å²) in [6.45, 7) is 2.35. The highest BCUT2D eigenvalue weighted by Gasteiger charge is 2.42. The number of rotatable bonds is 2. The Morgan fingerprint density at radius 2 is 2.06 bits per heavy atom. The van der Waals surface area contributed by atoms with Gasteiger partial charge in [-0.2, -0.15) is 0 Å². The smallest absolute Gasteiger partial charge is 0.260 e. The van der Waals surface area contributed by atoms with Gasteiger partial charge in [-0.25, -0.2) is 4.39 Å². The average Bonchev–Trinajstić information content (AvgIpc) is 2.49. The Labute approximate surface area is 103 Å². The zero-order valence-electron chi connectivity index (χ0n) is 9.04. The summed E-state index contributed by atoms with van der Waals surface area (Å²) in [7, 11) is 0. The second-order valence-electron chi connectivity index (χ2n) is 4.30. The lowest BCUT2D eigenvalue weighted by Gasteiger charge is -2.17. The minimum absolute atomic E-state index is 0.294. The van der Waals surface area contributed by atoms with Crippen molar-refractivity contribution in [3.8, 4) is 0 Å². The third kappa shape index (κ3) is 2.26. The molecule has 0 aromatic heterocycles. The van der Waals surface area contributed by atoms with Crippen LogP contribution in [0.2, 0.25) is 0 Å². The SMILES string of the molecule is CC1(F)CCN(Cc2ccc(Br)cc2)C1=O. The number of hydrogen-bond acceptors (Lipinski definition) is 1. The molecule has 1 fully saturated rings. The van der Waals surface area contributed by atoms with Gasteiger partial charge in [-0.1, -0.05) is 28.1 Å². The van der Waals surface area contributed by atoms with Gasteiger partial charge in [0.25, 0.3) is 5.91 Å². The molecular weight excluding hydrogens is 273 g/mol. The van der Waals surface area contributed by atoms with E-state index in [1.54, 1.807) is 4.90 Å². The summed E-state index contributed by atoms with van der Waals surface area (Å²) >= 11 is 3.35. The van der Waals surface area contributed by atoms with E-state index in [-0.39, 0.29) is 0 Å².